The molecule has 6 nitrogen and oxygen atoms in total. The second kappa shape index (κ2) is 8.68. The first kappa shape index (κ1) is 16.6. The van der Waals surface area contributed by atoms with E-state index in [2.05, 4.69) is 24.5 Å². The van der Waals surface area contributed by atoms with Crippen molar-refractivity contribution in [1.82, 2.24) is 4.90 Å². The molecular weight excluding hydrogens is 250 g/mol. The lowest BCUT2D eigenvalue weighted by atomic mass is 10.3. The number of ether oxygens (including phenoxy) is 1. The number of aliphatic carboxylic acids is 1. The number of carboxylic acid groups (broad SMARTS) is 1. The average molecular weight is 267 g/mol. The number of esters is 1. The van der Waals surface area contributed by atoms with Gasteiger partial charge < -0.3 is 14.7 Å². The molecule has 0 aromatic heterocycles. The van der Waals surface area contributed by atoms with E-state index in [9.17, 15) is 14.4 Å². The fourth-order valence-electron chi connectivity index (χ4n) is 1.17. The van der Waals surface area contributed by atoms with E-state index < -0.39 is 17.5 Å². The maximum Gasteiger partial charge on any atom is 0.345 e. The van der Waals surface area contributed by atoms with Gasteiger partial charge in [0.25, 0.3) is 0 Å². The van der Waals surface area contributed by atoms with Crippen molar-refractivity contribution in [2.75, 3.05) is 13.2 Å². The molecule has 1 fully saturated rings. The zero-order valence-electron chi connectivity index (χ0n) is 10.6. The molecule has 1 aliphatic rings. The maximum absolute atomic E-state index is 10.7. The number of amides is 1. The Balaban J connectivity index is 0.000000356. The molecule has 1 rings (SSSR count). The number of carbonyl (C=O) groups is 3. The van der Waals surface area contributed by atoms with Crippen LogP contribution in [0.4, 0.5) is 0 Å². The Hall–Kier alpha value is -2.37. The molecule has 1 amide bonds. The van der Waals surface area contributed by atoms with Crippen molar-refractivity contribution >= 4 is 17.8 Å². The minimum Gasteiger partial charge on any atom is -0.477 e. The quantitative estimate of drug-likeness (QED) is 0.265. The topological polar surface area (TPSA) is 83.9 Å². The Morgan fingerprint density at radius 3 is 2.37 bits per heavy atom. The fourth-order valence-corrected chi connectivity index (χ4v) is 1.17. The van der Waals surface area contributed by atoms with Crippen molar-refractivity contribution in [2.45, 2.75) is 12.8 Å². The van der Waals surface area contributed by atoms with Crippen LogP contribution in [0.15, 0.2) is 37.6 Å². The van der Waals surface area contributed by atoms with E-state index in [1.54, 1.807) is 11.1 Å². The lowest BCUT2D eigenvalue weighted by molar-refractivity contribution is -0.143. The molecule has 6 heteroatoms. The number of nitrogens with zero attached hydrogens (tertiary/aromatic N) is 1. The number of hydrogen-bond donors (Lipinski definition) is 1. The molecular formula is C13H17NO5. The summed E-state index contributed by atoms with van der Waals surface area (Å²) >= 11 is 0. The van der Waals surface area contributed by atoms with Gasteiger partial charge in [-0.05, 0) is 12.6 Å². The number of carbonyl (C=O) groups excluding carboxylic acids is 2. The SMILES string of the molecule is C=CCOC(=O)C(=C)C(=O)O.C=CN1CCCC1=O. The van der Waals surface area contributed by atoms with Crippen molar-refractivity contribution in [1.29, 1.82) is 0 Å². The summed E-state index contributed by atoms with van der Waals surface area (Å²) in [5, 5.41) is 8.23. The average Bonchev–Trinajstić information content (AvgIpc) is 2.81. The largest absolute Gasteiger partial charge is 0.477 e. The standard InChI is InChI=1S/C7H8O4.C6H9NO/c1-3-4-11-7(10)5(2)6(8)9;1-2-7-5-3-4-6(7)8/h3H,1-2,4H2,(H,8,9);2H,1,3-5H2. The molecule has 1 aliphatic heterocycles. The maximum atomic E-state index is 10.7. The molecule has 0 aliphatic carbocycles. The van der Waals surface area contributed by atoms with Crippen molar-refractivity contribution in [2.24, 2.45) is 0 Å². The van der Waals surface area contributed by atoms with Crippen LogP contribution in [0.1, 0.15) is 12.8 Å². The molecule has 0 spiro atoms. The lowest BCUT2D eigenvalue weighted by Crippen LogP contribution is -2.16. The van der Waals surface area contributed by atoms with Crippen LogP contribution in [-0.4, -0.2) is 41.0 Å². The van der Waals surface area contributed by atoms with E-state index in [1.807, 2.05) is 0 Å². The van der Waals surface area contributed by atoms with Crippen LogP contribution in [-0.2, 0) is 19.1 Å². The van der Waals surface area contributed by atoms with Gasteiger partial charge in [0.05, 0.1) is 0 Å². The van der Waals surface area contributed by atoms with E-state index in [1.165, 1.54) is 6.08 Å². The van der Waals surface area contributed by atoms with Gasteiger partial charge in [0.15, 0.2) is 0 Å². The highest BCUT2D eigenvalue weighted by atomic mass is 16.5. The van der Waals surface area contributed by atoms with Crippen molar-refractivity contribution in [3.05, 3.63) is 37.6 Å². The van der Waals surface area contributed by atoms with Gasteiger partial charge in [0.2, 0.25) is 5.91 Å². The minimum absolute atomic E-state index is 0.00880. The first-order valence-corrected chi connectivity index (χ1v) is 5.56. The summed E-state index contributed by atoms with van der Waals surface area (Å²) in [7, 11) is 0. The summed E-state index contributed by atoms with van der Waals surface area (Å²) in [6.07, 6.45) is 4.62. The minimum atomic E-state index is -1.38. The first-order valence-electron chi connectivity index (χ1n) is 5.56. The van der Waals surface area contributed by atoms with Crippen molar-refractivity contribution < 1.29 is 24.2 Å². The predicted octanol–water partition coefficient (Wildman–Crippen LogP) is 1.11. The van der Waals surface area contributed by atoms with E-state index in [-0.39, 0.29) is 12.5 Å². The first-order chi connectivity index (χ1) is 8.93. The zero-order valence-corrected chi connectivity index (χ0v) is 10.6. The Labute approximate surface area is 111 Å². The van der Waals surface area contributed by atoms with Gasteiger partial charge >= 0.3 is 11.9 Å². The monoisotopic (exact) mass is 267 g/mol. The smallest absolute Gasteiger partial charge is 0.345 e. The summed E-state index contributed by atoms with van der Waals surface area (Å²) in [6.45, 7) is 10.6. The molecule has 1 heterocycles. The molecule has 1 N–H and O–H groups in total. The molecule has 1 saturated heterocycles. The van der Waals surface area contributed by atoms with Crippen LogP contribution >= 0.6 is 0 Å². The van der Waals surface area contributed by atoms with Crippen LogP contribution in [0.5, 0.6) is 0 Å². The summed E-state index contributed by atoms with van der Waals surface area (Å²) in [4.78, 5) is 33.0. The molecule has 0 aromatic carbocycles. The molecule has 0 bridgehead atoms. The zero-order chi connectivity index (χ0) is 14.8. The van der Waals surface area contributed by atoms with Gasteiger partial charge in [0, 0.05) is 13.0 Å². The molecule has 0 radical (unpaired) electrons. The second-order valence-electron chi connectivity index (χ2n) is 3.54. The normalized spacial score (nSPS) is 13.1. The fraction of sp³-hybridized carbons (Fsp3) is 0.308. The highest BCUT2D eigenvalue weighted by Crippen LogP contribution is 2.08. The molecule has 0 atom stereocenters. The summed E-state index contributed by atoms with van der Waals surface area (Å²) in [6, 6.07) is 0. The van der Waals surface area contributed by atoms with Crippen molar-refractivity contribution in [3.63, 3.8) is 0 Å². The van der Waals surface area contributed by atoms with Crippen LogP contribution < -0.4 is 0 Å². The van der Waals surface area contributed by atoms with Crippen LogP contribution in [0.25, 0.3) is 0 Å². The molecule has 0 saturated carbocycles. The van der Waals surface area contributed by atoms with Gasteiger partial charge in [-0.2, -0.15) is 0 Å². The highest BCUT2D eigenvalue weighted by molar-refractivity contribution is 6.12. The Morgan fingerprint density at radius 1 is 1.42 bits per heavy atom. The highest BCUT2D eigenvalue weighted by Gasteiger charge is 2.16. The number of likely N-dealkylation sites (tertiary alicyclic amines) is 1. The summed E-state index contributed by atoms with van der Waals surface area (Å²) < 4.78 is 4.38. The third kappa shape index (κ3) is 6.21. The van der Waals surface area contributed by atoms with Gasteiger partial charge in [-0.15, -0.1) is 0 Å². The molecule has 0 unspecified atom stereocenters. The van der Waals surface area contributed by atoms with Crippen LogP contribution in [0.2, 0.25) is 0 Å². The molecule has 19 heavy (non-hydrogen) atoms. The lowest BCUT2D eigenvalue weighted by Gasteiger charge is -2.05. The number of rotatable bonds is 5. The number of hydrogen-bond acceptors (Lipinski definition) is 4. The number of carboxylic acids is 1. The Morgan fingerprint density at radius 2 is 2.05 bits per heavy atom. The molecule has 104 valence electrons. The summed E-state index contributed by atoms with van der Waals surface area (Å²) in [5.41, 5.74) is -0.577. The van der Waals surface area contributed by atoms with Gasteiger partial charge in [-0.3, -0.25) is 4.79 Å². The Bertz CT molecular complexity index is 400. The van der Waals surface area contributed by atoms with E-state index in [0.29, 0.717) is 6.42 Å². The van der Waals surface area contributed by atoms with E-state index >= 15 is 0 Å². The van der Waals surface area contributed by atoms with E-state index in [4.69, 9.17) is 5.11 Å². The Kier molecular flexibility index (Phi) is 7.60. The van der Waals surface area contributed by atoms with Gasteiger partial charge in [-0.25, -0.2) is 9.59 Å². The predicted molar refractivity (Wildman–Crippen MR) is 69.1 cm³/mol. The van der Waals surface area contributed by atoms with Crippen LogP contribution in [0.3, 0.4) is 0 Å². The van der Waals surface area contributed by atoms with Gasteiger partial charge in [-0.1, -0.05) is 25.8 Å². The van der Waals surface area contributed by atoms with Crippen LogP contribution in [0, 0.1) is 0 Å². The third-order valence-electron chi connectivity index (χ3n) is 2.17. The summed E-state index contributed by atoms with van der Waals surface area (Å²) in [5.74, 6) is -2.10. The van der Waals surface area contributed by atoms with Gasteiger partial charge in [0.1, 0.15) is 12.2 Å². The van der Waals surface area contributed by atoms with Crippen molar-refractivity contribution in [3.8, 4) is 0 Å². The van der Waals surface area contributed by atoms with E-state index in [0.717, 1.165) is 13.0 Å². The molecule has 0 aromatic rings. The third-order valence-corrected chi connectivity index (χ3v) is 2.17. The second-order valence-corrected chi connectivity index (χ2v) is 3.54.